The summed E-state index contributed by atoms with van der Waals surface area (Å²) in [5, 5.41) is 13.8. The van der Waals surface area contributed by atoms with Crippen LogP contribution >= 0.6 is 0 Å². The fourth-order valence-corrected chi connectivity index (χ4v) is 2.87. The first-order chi connectivity index (χ1) is 10.5. The monoisotopic (exact) mass is 306 g/mol. The van der Waals surface area contributed by atoms with Gasteiger partial charge in [0.25, 0.3) is 5.69 Å². The Hall–Kier alpha value is -2.15. The number of nitrogens with zero attached hydrogens (tertiary/aromatic N) is 2. The van der Waals surface area contributed by atoms with Crippen molar-refractivity contribution in [1.82, 2.24) is 4.90 Å². The zero-order valence-corrected chi connectivity index (χ0v) is 12.7. The van der Waals surface area contributed by atoms with Crippen LogP contribution in [0.2, 0.25) is 0 Å². The Bertz CT molecular complexity index is 547. The summed E-state index contributed by atoms with van der Waals surface area (Å²) in [6.07, 6.45) is 2.96. The molecule has 1 heterocycles. The van der Waals surface area contributed by atoms with Gasteiger partial charge in [-0.25, -0.2) is 0 Å². The fraction of sp³-hybridized carbons (Fsp3) is 0.533. The summed E-state index contributed by atoms with van der Waals surface area (Å²) >= 11 is 0. The topological polar surface area (TPSA) is 102 Å². The molecule has 120 valence electrons. The van der Waals surface area contributed by atoms with Crippen LogP contribution in [-0.2, 0) is 4.79 Å². The molecule has 2 atom stereocenters. The lowest BCUT2D eigenvalue weighted by atomic mass is 9.97. The van der Waals surface area contributed by atoms with Gasteiger partial charge in [-0.1, -0.05) is 12.1 Å². The Morgan fingerprint density at radius 2 is 2.23 bits per heavy atom. The first kappa shape index (κ1) is 16.2. The number of nitro groups is 1. The number of para-hydroxylation sites is 2. The second kappa shape index (κ2) is 7.22. The van der Waals surface area contributed by atoms with Gasteiger partial charge in [0.15, 0.2) is 0 Å². The van der Waals surface area contributed by atoms with E-state index in [0.29, 0.717) is 12.2 Å². The second-order valence-electron chi connectivity index (χ2n) is 5.64. The van der Waals surface area contributed by atoms with Crippen molar-refractivity contribution in [3.63, 3.8) is 0 Å². The van der Waals surface area contributed by atoms with E-state index in [1.807, 2.05) is 6.92 Å². The predicted octanol–water partition coefficient (Wildman–Crippen LogP) is 1.73. The molecule has 1 aliphatic rings. The Morgan fingerprint density at radius 1 is 1.50 bits per heavy atom. The minimum Gasteiger partial charge on any atom is -0.371 e. The molecular formula is C15H22N4O3. The SMILES string of the molecule is CC(N)C1CCCCN1C(=O)CNc1ccccc1[N+](=O)[O-]. The number of hydrogen-bond donors (Lipinski definition) is 2. The summed E-state index contributed by atoms with van der Waals surface area (Å²) < 4.78 is 0. The van der Waals surface area contributed by atoms with Crippen LogP contribution in [0.3, 0.4) is 0 Å². The van der Waals surface area contributed by atoms with Gasteiger partial charge < -0.3 is 16.0 Å². The molecule has 7 nitrogen and oxygen atoms in total. The van der Waals surface area contributed by atoms with E-state index in [2.05, 4.69) is 5.32 Å². The molecule has 1 saturated heterocycles. The van der Waals surface area contributed by atoms with Gasteiger partial charge in [0.1, 0.15) is 5.69 Å². The third-order valence-electron chi connectivity index (χ3n) is 4.01. The zero-order chi connectivity index (χ0) is 16.1. The van der Waals surface area contributed by atoms with Crippen molar-refractivity contribution in [2.45, 2.75) is 38.3 Å². The van der Waals surface area contributed by atoms with Crippen molar-refractivity contribution in [3.05, 3.63) is 34.4 Å². The highest BCUT2D eigenvalue weighted by Crippen LogP contribution is 2.23. The lowest BCUT2D eigenvalue weighted by Crippen LogP contribution is -2.53. The van der Waals surface area contributed by atoms with Gasteiger partial charge in [-0.3, -0.25) is 14.9 Å². The van der Waals surface area contributed by atoms with Gasteiger partial charge in [-0.2, -0.15) is 0 Å². The van der Waals surface area contributed by atoms with E-state index < -0.39 is 4.92 Å². The van der Waals surface area contributed by atoms with Crippen LogP contribution in [0.5, 0.6) is 0 Å². The van der Waals surface area contributed by atoms with Crippen molar-refractivity contribution < 1.29 is 9.72 Å². The van der Waals surface area contributed by atoms with Crippen molar-refractivity contribution >= 4 is 17.3 Å². The molecule has 1 aromatic carbocycles. The van der Waals surface area contributed by atoms with Gasteiger partial charge in [-0.15, -0.1) is 0 Å². The molecule has 22 heavy (non-hydrogen) atoms. The number of likely N-dealkylation sites (tertiary alicyclic amines) is 1. The van der Waals surface area contributed by atoms with Crippen LogP contribution < -0.4 is 11.1 Å². The highest BCUT2D eigenvalue weighted by Gasteiger charge is 2.29. The minimum atomic E-state index is -0.460. The van der Waals surface area contributed by atoms with E-state index >= 15 is 0 Å². The van der Waals surface area contributed by atoms with Crippen LogP contribution in [0, 0.1) is 10.1 Å². The van der Waals surface area contributed by atoms with Gasteiger partial charge in [0, 0.05) is 24.7 Å². The van der Waals surface area contributed by atoms with E-state index in [1.165, 1.54) is 6.07 Å². The zero-order valence-electron chi connectivity index (χ0n) is 12.7. The van der Waals surface area contributed by atoms with E-state index in [1.54, 1.807) is 23.1 Å². The van der Waals surface area contributed by atoms with Crippen LogP contribution in [0.25, 0.3) is 0 Å². The Kier molecular flexibility index (Phi) is 5.32. The number of nitrogens with two attached hydrogens (primary N) is 1. The van der Waals surface area contributed by atoms with Crippen LogP contribution in [-0.4, -0.2) is 40.9 Å². The molecule has 0 spiro atoms. The summed E-state index contributed by atoms with van der Waals surface area (Å²) in [5.41, 5.74) is 6.29. The molecular weight excluding hydrogens is 284 g/mol. The number of hydrogen-bond acceptors (Lipinski definition) is 5. The number of piperidine rings is 1. The minimum absolute atomic E-state index is 0.0299. The number of anilines is 1. The normalized spacial score (nSPS) is 19.5. The van der Waals surface area contributed by atoms with Gasteiger partial charge in [-0.05, 0) is 32.3 Å². The van der Waals surface area contributed by atoms with Gasteiger partial charge >= 0.3 is 0 Å². The van der Waals surface area contributed by atoms with Crippen molar-refractivity contribution in [3.8, 4) is 0 Å². The lowest BCUT2D eigenvalue weighted by Gasteiger charge is -2.38. The predicted molar refractivity (Wildman–Crippen MR) is 84.6 cm³/mol. The average molecular weight is 306 g/mol. The van der Waals surface area contributed by atoms with Crippen molar-refractivity contribution in [2.75, 3.05) is 18.4 Å². The fourth-order valence-electron chi connectivity index (χ4n) is 2.87. The summed E-state index contributed by atoms with van der Waals surface area (Å²) in [7, 11) is 0. The van der Waals surface area contributed by atoms with Crippen molar-refractivity contribution in [2.24, 2.45) is 5.73 Å². The highest BCUT2D eigenvalue weighted by molar-refractivity contribution is 5.82. The maximum absolute atomic E-state index is 12.4. The molecule has 1 aromatic rings. The number of nitro benzene ring substituents is 1. The lowest BCUT2D eigenvalue weighted by molar-refractivity contribution is -0.383. The number of nitrogens with one attached hydrogen (secondary N) is 1. The molecule has 0 saturated carbocycles. The van der Waals surface area contributed by atoms with Crippen LogP contribution in [0.4, 0.5) is 11.4 Å². The largest absolute Gasteiger partial charge is 0.371 e. The highest BCUT2D eigenvalue weighted by atomic mass is 16.6. The first-order valence-corrected chi connectivity index (χ1v) is 7.53. The second-order valence-corrected chi connectivity index (χ2v) is 5.64. The van der Waals surface area contributed by atoms with E-state index in [9.17, 15) is 14.9 Å². The molecule has 7 heteroatoms. The Labute approximate surface area is 129 Å². The van der Waals surface area contributed by atoms with Crippen LogP contribution in [0.1, 0.15) is 26.2 Å². The molecule has 2 rings (SSSR count). The standard InChI is InChI=1S/C15H22N4O3/c1-11(16)13-7-4-5-9-18(13)15(20)10-17-12-6-2-3-8-14(12)19(21)22/h2-3,6,8,11,13,17H,4-5,7,9-10,16H2,1H3. The Morgan fingerprint density at radius 3 is 2.91 bits per heavy atom. The molecule has 0 aromatic heterocycles. The molecule has 3 N–H and O–H groups in total. The number of amides is 1. The summed E-state index contributed by atoms with van der Waals surface area (Å²) in [6.45, 7) is 2.64. The maximum atomic E-state index is 12.4. The van der Waals surface area contributed by atoms with Crippen LogP contribution in [0.15, 0.2) is 24.3 Å². The quantitative estimate of drug-likeness (QED) is 0.637. The number of rotatable bonds is 5. The number of carbonyl (C=O) groups is 1. The molecule has 1 fully saturated rings. The molecule has 0 radical (unpaired) electrons. The maximum Gasteiger partial charge on any atom is 0.292 e. The summed E-state index contributed by atoms with van der Waals surface area (Å²) in [4.78, 5) is 24.7. The van der Waals surface area contributed by atoms with E-state index in [4.69, 9.17) is 5.73 Å². The smallest absolute Gasteiger partial charge is 0.292 e. The number of benzene rings is 1. The third-order valence-corrected chi connectivity index (χ3v) is 4.01. The molecule has 1 aliphatic heterocycles. The Balaban J connectivity index is 2.02. The summed E-state index contributed by atoms with van der Waals surface area (Å²) in [5.74, 6) is -0.0693. The van der Waals surface area contributed by atoms with E-state index in [0.717, 1.165) is 19.3 Å². The molecule has 0 aliphatic carbocycles. The molecule has 1 amide bonds. The summed E-state index contributed by atoms with van der Waals surface area (Å²) in [6, 6.07) is 6.29. The average Bonchev–Trinajstić information content (AvgIpc) is 2.52. The van der Waals surface area contributed by atoms with Gasteiger partial charge in [0.2, 0.25) is 5.91 Å². The molecule has 0 bridgehead atoms. The first-order valence-electron chi connectivity index (χ1n) is 7.53. The third kappa shape index (κ3) is 3.73. The number of carbonyl (C=O) groups excluding carboxylic acids is 1. The van der Waals surface area contributed by atoms with Gasteiger partial charge in [0.05, 0.1) is 11.5 Å². The molecule has 2 unspecified atom stereocenters. The van der Waals surface area contributed by atoms with E-state index in [-0.39, 0.29) is 30.2 Å². The van der Waals surface area contributed by atoms with Crippen molar-refractivity contribution in [1.29, 1.82) is 0 Å².